The number of piperidine rings is 1. The number of hydrogen-bond acceptors (Lipinski definition) is 5. The Bertz CT molecular complexity index is 888. The van der Waals surface area contributed by atoms with Gasteiger partial charge in [-0.1, -0.05) is 11.6 Å². The molecule has 1 aliphatic heterocycles. The SMILES string of the molecule is CC(C)(C)OC(=O)N1CCC(C(=O)Nc2cnccc2Oc2ccc(Cl)cc2)CC1. The molecule has 1 N–H and O–H groups in total. The van der Waals surface area contributed by atoms with Crippen molar-refractivity contribution in [2.24, 2.45) is 5.92 Å². The van der Waals surface area contributed by atoms with Gasteiger partial charge in [0.05, 0.1) is 6.20 Å². The highest BCUT2D eigenvalue weighted by molar-refractivity contribution is 6.30. The van der Waals surface area contributed by atoms with Gasteiger partial charge in [-0.15, -0.1) is 0 Å². The molecule has 1 aliphatic rings. The number of carbonyl (C=O) groups is 2. The molecule has 8 heteroatoms. The zero-order valence-electron chi connectivity index (χ0n) is 17.4. The predicted molar refractivity (Wildman–Crippen MR) is 115 cm³/mol. The lowest BCUT2D eigenvalue weighted by Gasteiger charge is -2.33. The van der Waals surface area contributed by atoms with Gasteiger partial charge >= 0.3 is 6.09 Å². The quantitative estimate of drug-likeness (QED) is 0.727. The number of benzene rings is 1. The second-order valence-corrected chi connectivity index (χ2v) is 8.60. The van der Waals surface area contributed by atoms with Crippen LogP contribution in [0.15, 0.2) is 42.7 Å². The predicted octanol–water partition coefficient (Wildman–Crippen LogP) is 5.11. The van der Waals surface area contributed by atoms with E-state index in [1.807, 2.05) is 20.8 Å². The van der Waals surface area contributed by atoms with Crippen LogP contribution in [0.2, 0.25) is 5.02 Å². The van der Waals surface area contributed by atoms with E-state index < -0.39 is 5.60 Å². The van der Waals surface area contributed by atoms with Crippen molar-refractivity contribution in [2.75, 3.05) is 18.4 Å². The number of aromatic nitrogens is 1. The van der Waals surface area contributed by atoms with Crippen molar-refractivity contribution in [1.29, 1.82) is 0 Å². The summed E-state index contributed by atoms with van der Waals surface area (Å²) < 4.78 is 11.3. The first-order valence-electron chi connectivity index (χ1n) is 9.87. The van der Waals surface area contributed by atoms with Gasteiger partial charge in [0.2, 0.25) is 5.91 Å². The number of amides is 2. The molecule has 0 atom stereocenters. The number of carbonyl (C=O) groups excluding carboxylic acids is 2. The Morgan fingerprint density at radius 3 is 2.43 bits per heavy atom. The molecule has 0 spiro atoms. The Morgan fingerprint density at radius 2 is 1.80 bits per heavy atom. The maximum absolute atomic E-state index is 12.8. The molecule has 2 aromatic rings. The zero-order chi connectivity index (χ0) is 21.7. The molecule has 0 bridgehead atoms. The van der Waals surface area contributed by atoms with Crippen LogP contribution >= 0.6 is 11.6 Å². The lowest BCUT2D eigenvalue weighted by atomic mass is 9.96. The number of pyridine rings is 1. The number of hydrogen-bond donors (Lipinski definition) is 1. The van der Waals surface area contributed by atoms with E-state index in [9.17, 15) is 9.59 Å². The number of anilines is 1. The van der Waals surface area contributed by atoms with E-state index in [0.29, 0.717) is 48.1 Å². The topological polar surface area (TPSA) is 80.8 Å². The van der Waals surface area contributed by atoms with Crippen LogP contribution in [-0.4, -0.2) is 40.6 Å². The first-order valence-corrected chi connectivity index (χ1v) is 10.3. The lowest BCUT2D eigenvalue weighted by Crippen LogP contribution is -2.43. The molecular formula is C22H26ClN3O4. The van der Waals surface area contributed by atoms with E-state index in [0.717, 1.165) is 0 Å². The number of nitrogens with zero attached hydrogens (tertiary/aromatic N) is 2. The maximum Gasteiger partial charge on any atom is 0.410 e. The normalized spacial score (nSPS) is 14.9. The van der Waals surface area contributed by atoms with Crippen molar-refractivity contribution in [1.82, 2.24) is 9.88 Å². The van der Waals surface area contributed by atoms with Crippen LogP contribution in [0.3, 0.4) is 0 Å². The highest BCUT2D eigenvalue weighted by atomic mass is 35.5. The number of ether oxygens (including phenoxy) is 2. The van der Waals surface area contributed by atoms with Crippen molar-refractivity contribution >= 4 is 29.3 Å². The van der Waals surface area contributed by atoms with E-state index in [2.05, 4.69) is 10.3 Å². The van der Waals surface area contributed by atoms with Gasteiger partial charge in [-0.3, -0.25) is 9.78 Å². The second-order valence-electron chi connectivity index (χ2n) is 8.16. The van der Waals surface area contributed by atoms with Crippen LogP contribution in [0.25, 0.3) is 0 Å². The fraction of sp³-hybridized carbons (Fsp3) is 0.409. The van der Waals surface area contributed by atoms with Gasteiger partial charge in [0.15, 0.2) is 5.75 Å². The third-order valence-corrected chi connectivity index (χ3v) is 4.85. The molecule has 0 unspecified atom stereocenters. The molecule has 1 aromatic heterocycles. The van der Waals surface area contributed by atoms with Crippen molar-refractivity contribution in [3.63, 3.8) is 0 Å². The molecule has 2 heterocycles. The van der Waals surface area contributed by atoms with Crippen molar-refractivity contribution in [3.05, 3.63) is 47.7 Å². The average Bonchev–Trinajstić information content (AvgIpc) is 2.70. The molecule has 30 heavy (non-hydrogen) atoms. The molecule has 2 amide bonds. The molecule has 1 aromatic carbocycles. The van der Waals surface area contributed by atoms with E-state index in [4.69, 9.17) is 21.1 Å². The Hall–Kier alpha value is -2.80. The van der Waals surface area contributed by atoms with Crippen LogP contribution in [0.5, 0.6) is 11.5 Å². The van der Waals surface area contributed by atoms with Gasteiger partial charge in [0, 0.05) is 36.3 Å². The highest BCUT2D eigenvalue weighted by Gasteiger charge is 2.30. The minimum absolute atomic E-state index is 0.118. The molecule has 3 rings (SSSR count). The maximum atomic E-state index is 12.8. The largest absolute Gasteiger partial charge is 0.455 e. The minimum Gasteiger partial charge on any atom is -0.455 e. The number of halogens is 1. The first-order chi connectivity index (χ1) is 14.2. The third-order valence-electron chi connectivity index (χ3n) is 4.60. The lowest BCUT2D eigenvalue weighted by molar-refractivity contribution is -0.121. The summed E-state index contributed by atoms with van der Waals surface area (Å²) in [5.41, 5.74) is -0.0430. The monoisotopic (exact) mass is 431 g/mol. The summed E-state index contributed by atoms with van der Waals surface area (Å²) in [4.78, 5) is 30.7. The molecule has 0 aliphatic carbocycles. The van der Waals surface area contributed by atoms with Crippen molar-refractivity contribution in [3.8, 4) is 11.5 Å². The van der Waals surface area contributed by atoms with E-state index >= 15 is 0 Å². The smallest absolute Gasteiger partial charge is 0.410 e. The van der Waals surface area contributed by atoms with E-state index in [-0.39, 0.29) is 17.9 Å². The fourth-order valence-electron chi connectivity index (χ4n) is 3.08. The number of nitrogens with one attached hydrogen (secondary N) is 1. The Kier molecular flexibility index (Phi) is 6.82. The van der Waals surface area contributed by atoms with Gasteiger partial charge < -0.3 is 19.7 Å². The van der Waals surface area contributed by atoms with E-state index in [1.54, 1.807) is 47.6 Å². The van der Waals surface area contributed by atoms with E-state index in [1.165, 1.54) is 0 Å². The molecule has 1 fully saturated rings. The average molecular weight is 432 g/mol. The molecule has 0 saturated carbocycles. The summed E-state index contributed by atoms with van der Waals surface area (Å²) in [6, 6.07) is 8.65. The van der Waals surface area contributed by atoms with Crippen LogP contribution in [-0.2, 0) is 9.53 Å². The van der Waals surface area contributed by atoms with Gasteiger partial charge in [-0.25, -0.2) is 4.79 Å². The summed E-state index contributed by atoms with van der Waals surface area (Å²) in [5, 5.41) is 3.52. The molecule has 160 valence electrons. The van der Waals surface area contributed by atoms with Crippen LogP contribution in [0.1, 0.15) is 33.6 Å². The third kappa shape index (κ3) is 6.10. The molecule has 1 saturated heterocycles. The second kappa shape index (κ2) is 9.34. The van der Waals surface area contributed by atoms with Crippen molar-refractivity contribution in [2.45, 2.75) is 39.2 Å². The van der Waals surface area contributed by atoms with Crippen molar-refractivity contribution < 1.29 is 19.1 Å². The Morgan fingerprint density at radius 1 is 1.13 bits per heavy atom. The van der Waals surface area contributed by atoms with Gasteiger partial charge in [-0.05, 0) is 57.9 Å². The first kappa shape index (κ1) is 21.9. The standard InChI is InChI=1S/C22H26ClN3O4/c1-22(2,3)30-21(28)26-12-9-15(10-13-26)20(27)25-18-14-24-11-8-19(18)29-17-6-4-16(23)5-7-17/h4-8,11,14-15H,9-10,12-13H2,1-3H3,(H,25,27). The zero-order valence-corrected chi connectivity index (χ0v) is 18.1. The minimum atomic E-state index is -0.536. The molecule has 0 radical (unpaired) electrons. The van der Waals surface area contributed by atoms with Crippen LogP contribution < -0.4 is 10.1 Å². The molecular weight excluding hydrogens is 406 g/mol. The van der Waals surface area contributed by atoms with Gasteiger partial charge in [0.25, 0.3) is 0 Å². The summed E-state index contributed by atoms with van der Waals surface area (Å²) in [6.45, 7) is 6.47. The summed E-state index contributed by atoms with van der Waals surface area (Å²) in [5.74, 6) is 0.777. The van der Waals surface area contributed by atoms with Gasteiger partial charge in [-0.2, -0.15) is 0 Å². The summed E-state index contributed by atoms with van der Waals surface area (Å²) in [7, 11) is 0. The molecule has 7 nitrogen and oxygen atoms in total. The number of rotatable bonds is 4. The van der Waals surface area contributed by atoms with Crippen LogP contribution in [0.4, 0.5) is 10.5 Å². The Balaban J connectivity index is 1.58. The van der Waals surface area contributed by atoms with Gasteiger partial charge in [0.1, 0.15) is 17.0 Å². The fourth-order valence-corrected chi connectivity index (χ4v) is 3.21. The van der Waals surface area contributed by atoms with Crippen LogP contribution in [0, 0.1) is 5.92 Å². The highest BCUT2D eigenvalue weighted by Crippen LogP contribution is 2.30. The Labute approximate surface area is 181 Å². The summed E-state index contributed by atoms with van der Waals surface area (Å²) >= 11 is 5.91. The number of likely N-dealkylation sites (tertiary alicyclic amines) is 1. The summed E-state index contributed by atoms with van der Waals surface area (Å²) in [6.07, 6.45) is 3.95.